The average molecular weight is 251 g/mol. The van der Waals surface area contributed by atoms with Crippen LogP contribution in [0.5, 0.6) is 0 Å². The Morgan fingerprint density at radius 1 is 1.67 bits per heavy atom. The zero-order chi connectivity index (χ0) is 13.1. The van der Waals surface area contributed by atoms with Gasteiger partial charge in [0.15, 0.2) is 0 Å². The molecule has 0 aliphatic rings. The first-order valence-electron chi connectivity index (χ1n) is 4.85. The summed E-state index contributed by atoms with van der Waals surface area (Å²) in [5.74, 6) is 4.93. The van der Waals surface area contributed by atoms with E-state index in [1.54, 1.807) is 0 Å². The highest BCUT2D eigenvalue weighted by atomic mass is 16.6. The predicted molar refractivity (Wildman–Crippen MR) is 58.3 cm³/mol. The number of nitro groups is 1. The number of rotatable bonds is 4. The molecule has 3 N–H and O–H groups in total. The number of hydrogen-bond donors (Lipinski definition) is 2. The van der Waals surface area contributed by atoms with Gasteiger partial charge in [-0.3, -0.25) is 25.0 Å². The Hall–Kier alpha value is -2.68. The van der Waals surface area contributed by atoms with Crippen molar-refractivity contribution in [1.82, 2.24) is 15.2 Å². The molecule has 0 aromatic carbocycles. The van der Waals surface area contributed by atoms with Gasteiger partial charge in [-0.05, 0) is 6.07 Å². The Bertz CT molecular complexity index is 587. The van der Waals surface area contributed by atoms with Gasteiger partial charge in [0.2, 0.25) is 0 Å². The van der Waals surface area contributed by atoms with Crippen molar-refractivity contribution < 1.29 is 14.1 Å². The maximum absolute atomic E-state index is 11.2. The number of aromatic nitrogens is 2. The summed E-state index contributed by atoms with van der Waals surface area (Å²) in [6.07, 6.45) is 3.65. The number of nitrogen functional groups attached to an aromatic ring is 1. The molecule has 2 heterocycles. The monoisotopic (exact) mass is 251 g/mol. The first kappa shape index (κ1) is 11.8. The summed E-state index contributed by atoms with van der Waals surface area (Å²) in [5, 5.41) is 14.3. The minimum atomic E-state index is -0.543. The van der Waals surface area contributed by atoms with Crippen LogP contribution in [0.3, 0.4) is 0 Å². The molecule has 18 heavy (non-hydrogen) atoms. The third kappa shape index (κ3) is 2.35. The van der Waals surface area contributed by atoms with Gasteiger partial charge in [-0.2, -0.15) is 5.10 Å². The number of amides is 1. The summed E-state index contributed by atoms with van der Waals surface area (Å²) in [7, 11) is 0. The van der Waals surface area contributed by atoms with Crippen molar-refractivity contribution in [3.8, 4) is 0 Å². The molecule has 0 atom stereocenters. The quantitative estimate of drug-likeness (QED) is 0.341. The van der Waals surface area contributed by atoms with Crippen LogP contribution in [0.25, 0.3) is 0 Å². The third-order valence-electron chi connectivity index (χ3n) is 2.20. The van der Waals surface area contributed by atoms with Gasteiger partial charge in [-0.25, -0.2) is 5.84 Å². The van der Waals surface area contributed by atoms with E-state index in [0.29, 0.717) is 5.76 Å². The van der Waals surface area contributed by atoms with Crippen molar-refractivity contribution in [2.75, 3.05) is 0 Å². The average Bonchev–Trinajstić information content (AvgIpc) is 2.98. The number of hydrazine groups is 1. The molecule has 0 saturated heterocycles. The molecule has 2 aromatic heterocycles. The number of nitrogens with one attached hydrogen (secondary N) is 1. The maximum Gasteiger partial charge on any atom is 0.307 e. The highest BCUT2D eigenvalue weighted by Crippen LogP contribution is 2.12. The fourth-order valence-corrected chi connectivity index (χ4v) is 1.36. The highest BCUT2D eigenvalue weighted by molar-refractivity contribution is 5.93. The number of carbonyl (C=O) groups excluding carboxylic acids is 1. The summed E-state index contributed by atoms with van der Waals surface area (Å²) in [5.41, 5.74) is 2.13. The molecule has 2 rings (SSSR count). The first-order valence-corrected chi connectivity index (χ1v) is 4.85. The van der Waals surface area contributed by atoms with Crippen LogP contribution >= 0.6 is 0 Å². The fraction of sp³-hybridized carbons (Fsp3) is 0.111. The molecule has 1 amide bonds. The van der Waals surface area contributed by atoms with Crippen molar-refractivity contribution in [2.24, 2.45) is 5.84 Å². The van der Waals surface area contributed by atoms with Gasteiger partial charge in [0.05, 0.1) is 17.0 Å². The minimum absolute atomic E-state index is 0.110. The van der Waals surface area contributed by atoms with Gasteiger partial charge >= 0.3 is 5.69 Å². The van der Waals surface area contributed by atoms with Crippen molar-refractivity contribution >= 4 is 11.6 Å². The first-order chi connectivity index (χ1) is 8.60. The zero-order valence-electron chi connectivity index (χ0n) is 9.07. The highest BCUT2D eigenvalue weighted by Gasteiger charge is 2.12. The minimum Gasteiger partial charge on any atom is -0.467 e. The van der Waals surface area contributed by atoms with Crippen LogP contribution < -0.4 is 11.3 Å². The fourth-order valence-electron chi connectivity index (χ4n) is 1.36. The zero-order valence-corrected chi connectivity index (χ0v) is 9.07. The Kier molecular flexibility index (Phi) is 3.06. The molecule has 0 unspecified atom stereocenters. The van der Waals surface area contributed by atoms with Crippen LogP contribution in [0.15, 0.2) is 29.1 Å². The second-order valence-corrected chi connectivity index (χ2v) is 3.43. The van der Waals surface area contributed by atoms with Gasteiger partial charge in [0.25, 0.3) is 5.91 Å². The molecular formula is C9H9N5O4. The Labute approximate surface area is 100 Å². The van der Waals surface area contributed by atoms with E-state index in [2.05, 4.69) is 5.10 Å². The van der Waals surface area contributed by atoms with Crippen LogP contribution in [0.4, 0.5) is 5.69 Å². The second-order valence-electron chi connectivity index (χ2n) is 3.43. The molecule has 0 saturated carbocycles. The molecule has 2 aromatic rings. The van der Waals surface area contributed by atoms with E-state index in [0.717, 1.165) is 6.20 Å². The van der Waals surface area contributed by atoms with Gasteiger partial charge in [-0.1, -0.05) is 0 Å². The Morgan fingerprint density at radius 2 is 2.44 bits per heavy atom. The van der Waals surface area contributed by atoms with E-state index >= 15 is 0 Å². The predicted octanol–water partition coefficient (Wildman–Crippen LogP) is 0.0361. The van der Waals surface area contributed by atoms with Crippen LogP contribution in [0.1, 0.15) is 16.1 Å². The molecule has 94 valence electrons. The normalized spacial score (nSPS) is 10.3. The van der Waals surface area contributed by atoms with Crippen molar-refractivity contribution in [3.63, 3.8) is 0 Å². The number of nitrogens with two attached hydrogens (primary N) is 1. The molecule has 0 radical (unpaired) electrons. The van der Waals surface area contributed by atoms with Crippen LogP contribution in [-0.4, -0.2) is 20.6 Å². The SMILES string of the molecule is NNC(=O)c1coc(Cn2cc([N+](=O)[O-])cn2)c1. The largest absolute Gasteiger partial charge is 0.467 e. The van der Waals surface area contributed by atoms with E-state index in [-0.39, 0.29) is 17.8 Å². The van der Waals surface area contributed by atoms with Crippen molar-refractivity contribution in [1.29, 1.82) is 0 Å². The standard InChI is InChI=1S/C9H9N5O4/c10-12-9(15)6-1-8(18-5-6)4-13-3-7(2-11-13)14(16)17/h1-3,5H,4,10H2,(H,12,15). The summed E-state index contributed by atoms with van der Waals surface area (Å²) in [6.45, 7) is 0.186. The third-order valence-corrected chi connectivity index (χ3v) is 2.20. The topological polar surface area (TPSA) is 129 Å². The van der Waals surface area contributed by atoms with Gasteiger partial charge in [0.1, 0.15) is 24.4 Å². The second kappa shape index (κ2) is 4.67. The number of nitrogens with zero attached hydrogens (tertiary/aromatic N) is 3. The van der Waals surface area contributed by atoms with Crippen molar-refractivity contribution in [2.45, 2.75) is 6.54 Å². The number of furan rings is 1. The number of carbonyl (C=O) groups is 1. The molecule has 9 nitrogen and oxygen atoms in total. The van der Waals surface area contributed by atoms with Gasteiger partial charge < -0.3 is 4.42 Å². The molecule has 9 heteroatoms. The van der Waals surface area contributed by atoms with Crippen molar-refractivity contribution in [3.05, 3.63) is 46.2 Å². The Balaban J connectivity index is 2.11. The molecular weight excluding hydrogens is 242 g/mol. The molecule has 0 aliphatic heterocycles. The van der Waals surface area contributed by atoms with E-state index in [9.17, 15) is 14.9 Å². The van der Waals surface area contributed by atoms with Gasteiger partial charge in [-0.15, -0.1) is 0 Å². The van der Waals surface area contributed by atoms with E-state index in [1.807, 2.05) is 5.43 Å². The van der Waals surface area contributed by atoms with E-state index in [1.165, 1.54) is 23.2 Å². The van der Waals surface area contributed by atoms with E-state index < -0.39 is 10.8 Å². The molecule has 0 bridgehead atoms. The Morgan fingerprint density at radius 3 is 3.06 bits per heavy atom. The summed E-state index contributed by atoms with van der Waals surface area (Å²) in [4.78, 5) is 21.1. The molecule has 0 fully saturated rings. The summed E-state index contributed by atoms with van der Waals surface area (Å²) >= 11 is 0. The lowest BCUT2D eigenvalue weighted by molar-refractivity contribution is -0.385. The number of hydrogen-bond acceptors (Lipinski definition) is 6. The van der Waals surface area contributed by atoms with Gasteiger partial charge in [0, 0.05) is 0 Å². The molecule has 0 aliphatic carbocycles. The summed E-state index contributed by atoms with van der Waals surface area (Å²) in [6, 6.07) is 1.48. The lowest BCUT2D eigenvalue weighted by atomic mass is 10.3. The van der Waals surface area contributed by atoms with E-state index in [4.69, 9.17) is 10.3 Å². The summed E-state index contributed by atoms with van der Waals surface area (Å²) < 4.78 is 6.45. The van der Waals surface area contributed by atoms with Crippen LogP contribution in [-0.2, 0) is 6.54 Å². The lowest BCUT2D eigenvalue weighted by Gasteiger charge is -1.95. The van der Waals surface area contributed by atoms with Crippen LogP contribution in [0.2, 0.25) is 0 Å². The van der Waals surface area contributed by atoms with Crippen LogP contribution in [0, 0.1) is 10.1 Å². The smallest absolute Gasteiger partial charge is 0.307 e. The lowest BCUT2D eigenvalue weighted by Crippen LogP contribution is -2.29. The maximum atomic E-state index is 11.2. The molecule has 0 spiro atoms.